The molecule has 0 spiro atoms. The van der Waals surface area contributed by atoms with Crippen LogP contribution >= 0.6 is 0 Å². The molecule has 0 aliphatic rings. The van der Waals surface area contributed by atoms with Crippen LogP contribution in [0.4, 0.5) is 11.5 Å². The zero-order valence-electron chi connectivity index (χ0n) is 15.5. The third kappa shape index (κ3) is 4.67. The first kappa shape index (κ1) is 19.0. The van der Waals surface area contributed by atoms with Crippen LogP contribution in [0.15, 0.2) is 54.9 Å². The molecule has 0 saturated carbocycles. The van der Waals surface area contributed by atoms with E-state index in [9.17, 15) is 9.59 Å². The van der Waals surface area contributed by atoms with E-state index in [-0.39, 0.29) is 11.3 Å². The number of amides is 1. The van der Waals surface area contributed by atoms with Crippen molar-refractivity contribution in [3.05, 3.63) is 77.5 Å². The molecule has 1 aromatic carbocycles. The molecule has 1 amide bonds. The van der Waals surface area contributed by atoms with Crippen LogP contribution in [0.1, 0.15) is 32.2 Å². The Bertz CT molecular complexity index is 992. The maximum absolute atomic E-state index is 12.7. The standard InChI is InChI=1S/C20H19N5O3/c1-13-23-17(10-18(24-13)22-12-14-6-5-9-21-11-14)19(26)25-16-8-4-3-7-15(16)20(27)28-2/h3-11H,12H2,1-2H3,(H,25,26)(H,22,23,24). The zero-order valence-corrected chi connectivity index (χ0v) is 15.5. The van der Waals surface area contributed by atoms with Gasteiger partial charge in [0.2, 0.25) is 0 Å². The minimum atomic E-state index is -0.534. The monoisotopic (exact) mass is 377 g/mol. The SMILES string of the molecule is COC(=O)c1ccccc1NC(=O)c1cc(NCc2cccnc2)nc(C)n1. The lowest BCUT2D eigenvalue weighted by Gasteiger charge is -2.11. The lowest BCUT2D eigenvalue weighted by atomic mass is 10.1. The molecular formula is C20H19N5O3. The fraction of sp³-hybridized carbons (Fsp3) is 0.150. The minimum absolute atomic E-state index is 0.181. The molecule has 0 aliphatic carbocycles. The number of carbonyl (C=O) groups excluding carboxylic acids is 2. The second-order valence-electron chi connectivity index (χ2n) is 5.89. The van der Waals surface area contributed by atoms with Gasteiger partial charge in [-0.2, -0.15) is 0 Å². The first-order valence-corrected chi connectivity index (χ1v) is 8.54. The molecule has 3 rings (SSSR count). The van der Waals surface area contributed by atoms with E-state index < -0.39 is 11.9 Å². The maximum atomic E-state index is 12.7. The minimum Gasteiger partial charge on any atom is -0.465 e. The Hall–Kier alpha value is -3.81. The number of benzene rings is 1. The van der Waals surface area contributed by atoms with Gasteiger partial charge in [-0.15, -0.1) is 0 Å². The lowest BCUT2D eigenvalue weighted by Crippen LogP contribution is -2.18. The van der Waals surface area contributed by atoms with Gasteiger partial charge in [-0.05, 0) is 30.7 Å². The number of nitrogens with zero attached hydrogens (tertiary/aromatic N) is 3. The van der Waals surface area contributed by atoms with Crippen LogP contribution in [0.3, 0.4) is 0 Å². The van der Waals surface area contributed by atoms with Crippen molar-refractivity contribution in [2.45, 2.75) is 13.5 Å². The Kier molecular flexibility index (Phi) is 5.91. The average Bonchev–Trinajstić information content (AvgIpc) is 2.72. The summed E-state index contributed by atoms with van der Waals surface area (Å²) in [5.41, 5.74) is 1.78. The van der Waals surface area contributed by atoms with Crippen LogP contribution in [0, 0.1) is 6.92 Å². The van der Waals surface area contributed by atoms with E-state index in [0.717, 1.165) is 5.56 Å². The summed E-state index contributed by atoms with van der Waals surface area (Å²) < 4.78 is 4.75. The molecule has 142 valence electrons. The predicted octanol–water partition coefficient (Wildman–Crippen LogP) is 2.83. The van der Waals surface area contributed by atoms with Crippen LogP contribution in [-0.4, -0.2) is 33.9 Å². The highest BCUT2D eigenvalue weighted by atomic mass is 16.5. The number of pyridine rings is 1. The molecule has 2 N–H and O–H groups in total. The molecule has 0 aliphatic heterocycles. The lowest BCUT2D eigenvalue weighted by molar-refractivity contribution is 0.0602. The van der Waals surface area contributed by atoms with Gasteiger partial charge in [0.15, 0.2) is 0 Å². The van der Waals surface area contributed by atoms with Crippen LogP contribution in [0.2, 0.25) is 0 Å². The fourth-order valence-corrected chi connectivity index (χ4v) is 2.54. The number of nitrogens with one attached hydrogen (secondary N) is 2. The van der Waals surface area contributed by atoms with Crippen molar-refractivity contribution in [1.29, 1.82) is 0 Å². The van der Waals surface area contributed by atoms with E-state index in [1.807, 2.05) is 12.1 Å². The van der Waals surface area contributed by atoms with Crippen molar-refractivity contribution in [2.24, 2.45) is 0 Å². The van der Waals surface area contributed by atoms with Crippen molar-refractivity contribution >= 4 is 23.4 Å². The summed E-state index contributed by atoms with van der Waals surface area (Å²) in [6.45, 7) is 2.21. The summed E-state index contributed by atoms with van der Waals surface area (Å²) in [5, 5.41) is 5.86. The van der Waals surface area contributed by atoms with Gasteiger partial charge in [0.05, 0.1) is 18.4 Å². The van der Waals surface area contributed by atoms with Crippen molar-refractivity contribution in [3.8, 4) is 0 Å². The number of anilines is 2. The largest absolute Gasteiger partial charge is 0.465 e. The summed E-state index contributed by atoms with van der Waals surface area (Å²) in [4.78, 5) is 37.1. The quantitative estimate of drug-likeness (QED) is 0.636. The van der Waals surface area contributed by atoms with Gasteiger partial charge in [0.1, 0.15) is 17.3 Å². The molecule has 0 atom stereocenters. The molecule has 0 saturated heterocycles. The summed E-state index contributed by atoms with van der Waals surface area (Å²) in [5.74, 6) is -0.0229. The highest BCUT2D eigenvalue weighted by Gasteiger charge is 2.16. The van der Waals surface area contributed by atoms with Gasteiger partial charge in [-0.1, -0.05) is 18.2 Å². The first-order valence-electron chi connectivity index (χ1n) is 8.54. The highest BCUT2D eigenvalue weighted by Crippen LogP contribution is 2.17. The van der Waals surface area contributed by atoms with Gasteiger partial charge < -0.3 is 15.4 Å². The number of rotatable bonds is 6. The topological polar surface area (TPSA) is 106 Å². The van der Waals surface area contributed by atoms with Crippen LogP contribution < -0.4 is 10.6 Å². The highest BCUT2D eigenvalue weighted by molar-refractivity contribution is 6.07. The zero-order chi connectivity index (χ0) is 19.9. The number of esters is 1. The van der Waals surface area contributed by atoms with E-state index in [2.05, 4.69) is 25.6 Å². The van der Waals surface area contributed by atoms with Gasteiger partial charge in [0, 0.05) is 25.0 Å². The predicted molar refractivity (Wildman–Crippen MR) is 104 cm³/mol. The molecule has 0 fully saturated rings. The van der Waals surface area contributed by atoms with E-state index in [1.54, 1.807) is 49.6 Å². The van der Waals surface area contributed by atoms with Crippen molar-refractivity contribution < 1.29 is 14.3 Å². The third-order valence-electron chi connectivity index (χ3n) is 3.85. The number of aromatic nitrogens is 3. The number of carbonyl (C=O) groups is 2. The molecule has 0 bridgehead atoms. The van der Waals surface area contributed by atoms with E-state index >= 15 is 0 Å². The Morgan fingerprint density at radius 3 is 2.68 bits per heavy atom. The normalized spacial score (nSPS) is 10.2. The van der Waals surface area contributed by atoms with Gasteiger partial charge in [-0.3, -0.25) is 9.78 Å². The van der Waals surface area contributed by atoms with Gasteiger partial charge in [-0.25, -0.2) is 14.8 Å². The molecular weight excluding hydrogens is 358 g/mol. The third-order valence-corrected chi connectivity index (χ3v) is 3.85. The van der Waals surface area contributed by atoms with Gasteiger partial charge in [0.25, 0.3) is 5.91 Å². The number of methoxy groups -OCH3 is 1. The number of para-hydroxylation sites is 1. The fourth-order valence-electron chi connectivity index (χ4n) is 2.54. The van der Waals surface area contributed by atoms with Crippen LogP contribution in [-0.2, 0) is 11.3 Å². The number of aryl methyl sites for hydroxylation is 1. The molecule has 0 unspecified atom stereocenters. The van der Waals surface area contributed by atoms with E-state index in [0.29, 0.717) is 23.9 Å². The van der Waals surface area contributed by atoms with Crippen LogP contribution in [0.25, 0.3) is 0 Å². The smallest absolute Gasteiger partial charge is 0.339 e. The molecule has 0 radical (unpaired) electrons. The number of hydrogen-bond donors (Lipinski definition) is 2. The number of hydrogen-bond acceptors (Lipinski definition) is 7. The summed E-state index contributed by atoms with van der Waals surface area (Å²) in [7, 11) is 1.29. The summed E-state index contributed by atoms with van der Waals surface area (Å²) in [6.07, 6.45) is 3.45. The molecule has 3 aromatic rings. The Morgan fingerprint density at radius 2 is 1.93 bits per heavy atom. The Balaban J connectivity index is 1.77. The Morgan fingerprint density at radius 1 is 1.11 bits per heavy atom. The summed E-state index contributed by atoms with van der Waals surface area (Å²) in [6, 6.07) is 11.9. The van der Waals surface area contributed by atoms with Crippen LogP contribution in [0.5, 0.6) is 0 Å². The molecule has 2 aromatic heterocycles. The molecule has 2 heterocycles. The first-order chi connectivity index (χ1) is 13.6. The molecule has 28 heavy (non-hydrogen) atoms. The van der Waals surface area contributed by atoms with Crippen molar-refractivity contribution in [2.75, 3.05) is 17.7 Å². The second-order valence-corrected chi connectivity index (χ2v) is 5.89. The molecule has 8 nitrogen and oxygen atoms in total. The van der Waals surface area contributed by atoms with Gasteiger partial charge >= 0.3 is 5.97 Å². The average molecular weight is 377 g/mol. The van der Waals surface area contributed by atoms with E-state index in [4.69, 9.17) is 4.74 Å². The maximum Gasteiger partial charge on any atom is 0.339 e. The number of ether oxygens (including phenoxy) is 1. The summed E-state index contributed by atoms with van der Waals surface area (Å²) >= 11 is 0. The van der Waals surface area contributed by atoms with Crippen molar-refractivity contribution in [3.63, 3.8) is 0 Å². The Labute approximate surface area is 162 Å². The van der Waals surface area contributed by atoms with E-state index in [1.165, 1.54) is 7.11 Å². The second kappa shape index (κ2) is 8.72. The molecule has 8 heteroatoms. The van der Waals surface area contributed by atoms with Crippen molar-refractivity contribution in [1.82, 2.24) is 15.0 Å².